The predicted molar refractivity (Wildman–Crippen MR) is 101 cm³/mol. The molecule has 3 aromatic rings. The monoisotopic (exact) mass is 352 g/mol. The largest absolute Gasteiger partial charge is 0.337 e. The van der Waals surface area contributed by atoms with Gasteiger partial charge in [-0.2, -0.15) is 5.10 Å². The van der Waals surface area contributed by atoms with Crippen LogP contribution in [0.2, 0.25) is 0 Å². The smallest absolute Gasteiger partial charge is 0.237 e. The highest BCUT2D eigenvalue weighted by Gasteiger charge is 2.26. The van der Waals surface area contributed by atoms with E-state index in [9.17, 15) is 4.79 Å². The minimum absolute atomic E-state index is 0.145. The van der Waals surface area contributed by atoms with Crippen molar-refractivity contribution < 1.29 is 4.79 Å². The fourth-order valence-electron chi connectivity index (χ4n) is 3.48. The first-order valence-corrected chi connectivity index (χ1v) is 8.88. The molecule has 7 nitrogen and oxygen atoms in total. The average molecular weight is 352 g/mol. The predicted octanol–water partition coefficient (Wildman–Crippen LogP) is 2.02. The van der Waals surface area contributed by atoms with Crippen molar-refractivity contribution in [1.29, 1.82) is 0 Å². The van der Waals surface area contributed by atoms with Gasteiger partial charge >= 0.3 is 0 Å². The Hall–Kier alpha value is -2.67. The molecule has 4 rings (SSSR count). The van der Waals surface area contributed by atoms with Crippen LogP contribution in [-0.2, 0) is 17.8 Å². The number of aromatic amines is 2. The van der Waals surface area contributed by atoms with E-state index >= 15 is 0 Å². The van der Waals surface area contributed by atoms with Crippen LogP contribution in [0.25, 0.3) is 22.6 Å². The van der Waals surface area contributed by atoms with Gasteiger partial charge in [-0.15, -0.1) is 0 Å². The number of nitrogens with zero attached hydrogens (tertiary/aromatic N) is 4. The van der Waals surface area contributed by atoms with E-state index in [1.807, 2.05) is 23.9 Å². The number of fused-ring (bicyclic) bond motifs is 2. The molecule has 1 aliphatic heterocycles. The molecule has 0 radical (unpaired) electrons. The van der Waals surface area contributed by atoms with E-state index in [1.165, 1.54) is 11.1 Å². The number of aromatic nitrogens is 4. The molecular formula is C19H24N6O. The van der Waals surface area contributed by atoms with E-state index in [4.69, 9.17) is 4.98 Å². The lowest BCUT2D eigenvalue weighted by atomic mass is 10.0. The van der Waals surface area contributed by atoms with Crippen LogP contribution >= 0.6 is 0 Å². The lowest BCUT2D eigenvalue weighted by Gasteiger charge is -2.27. The highest BCUT2D eigenvalue weighted by molar-refractivity contribution is 5.81. The zero-order valence-corrected chi connectivity index (χ0v) is 15.7. The summed E-state index contributed by atoms with van der Waals surface area (Å²) in [6, 6.07) is 4.23. The number of amides is 1. The normalized spacial score (nSPS) is 14.3. The summed E-state index contributed by atoms with van der Waals surface area (Å²) in [4.78, 5) is 24.2. The maximum Gasteiger partial charge on any atom is 0.237 e. The van der Waals surface area contributed by atoms with Crippen molar-refractivity contribution in [3.8, 4) is 11.5 Å². The van der Waals surface area contributed by atoms with Crippen molar-refractivity contribution in [3.63, 3.8) is 0 Å². The Balaban J connectivity index is 1.63. The number of aryl methyl sites for hydroxylation is 2. The molecule has 0 saturated heterocycles. The lowest BCUT2D eigenvalue weighted by molar-refractivity contribution is -0.132. The number of hydrogen-bond acceptors (Lipinski definition) is 4. The quantitative estimate of drug-likeness (QED) is 0.756. The van der Waals surface area contributed by atoms with Gasteiger partial charge in [-0.25, -0.2) is 4.98 Å². The molecule has 7 heteroatoms. The molecular weight excluding hydrogens is 328 g/mol. The molecule has 3 heterocycles. The maximum absolute atomic E-state index is 12.3. The second kappa shape index (κ2) is 6.25. The Morgan fingerprint density at radius 1 is 1.27 bits per heavy atom. The zero-order valence-electron chi connectivity index (χ0n) is 15.7. The minimum atomic E-state index is 0.145. The molecule has 2 N–H and O–H groups in total. The number of H-pyrrole nitrogens is 2. The number of nitrogens with one attached hydrogen (secondary N) is 2. The van der Waals surface area contributed by atoms with Crippen LogP contribution in [0.1, 0.15) is 22.4 Å². The topological polar surface area (TPSA) is 80.9 Å². The molecule has 0 spiro atoms. The Morgan fingerprint density at radius 2 is 2.04 bits per heavy atom. The van der Waals surface area contributed by atoms with E-state index in [0.717, 1.165) is 40.2 Å². The van der Waals surface area contributed by atoms with Crippen molar-refractivity contribution in [2.75, 3.05) is 27.2 Å². The Bertz CT molecular complexity index is 944. The highest BCUT2D eigenvalue weighted by atomic mass is 16.2. The van der Waals surface area contributed by atoms with Gasteiger partial charge in [-0.05, 0) is 57.6 Å². The second-order valence-electron chi connectivity index (χ2n) is 7.37. The number of carbonyl (C=O) groups excluding carboxylic acids is 1. The number of hydrogen-bond donors (Lipinski definition) is 2. The molecule has 2 aromatic heterocycles. The molecule has 0 unspecified atom stereocenters. The van der Waals surface area contributed by atoms with Gasteiger partial charge in [0.05, 0.1) is 29.8 Å². The van der Waals surface area contributed by atoms with Crippen molar-refractivity contribution in [2.45, 2.75) is 26.8 Å². The highest BCUT2D eigenvalue weighted by Crippen LogP contribution is 2.28. The van der Waals surface area contributed by atoms with Crippen LogP contribution in [0, 0.1) is 13.8 Å². The molecule has 0 saturated carbocycles. The molecule has 1 aliphatic rings. The fraction of sp³-hybridized carbons (Fsp3) is 0.421. The van der Waals surface area contributed by atoms with Crippen LogP contribution in [0.3, 0.4) is 0 Å². The summed E-state index contributed by atoms with van der Waals surface area (Å²) in [6.45, 7) is 5.92. The van der Waals surface area contributed by atoms with Gasteiger partial charge in [0.1, 0.15) is 5.69 Å². The third-order valence-electron chi connectivity index (χ3n) is 5.06. The van der Waals surface area contributed by atoms with Gasteiger partial charge in [0.25, 0.3) is 0 Å². The van der Waals surface area contributed by atoms with E-state index in [2.05, 4.69) is 41.2 Å². The van der Waals surface area contributed by atoms with E-state index in [1.54, 1.807) is 0 Å². The van der Waals surface area contributed by atoms with Gasteiger partial charge in [0, 0.05) is 12.1 Å². The Labute approximate surface area is 152 Å². The van der Waals surface area contributed by atoms with Crippen LogP contribution < -0.4 is 0 Å². The van der Waals surface area contributed by atoms with Crippen LogP contribution in [0.15, 0.2) is 12.1 Å². The second-order valence-corrected chi connectivity index (χ2v) is 7.37. The molecule has 1 amide bonds. The fourth-order valence-corrected chi connectivity index (χ4v) is 3.48. The number of likely N-dealkylation sites (N-methyl/N-ethyl adjacent to an activating group) is 1. The van der Waals surface area contributed by atoms with E-state index < -0.39 is 0 Å². The Morgan fingerprint density at radius 3 is 2.81 bits per heavy atom. The summed E-state index contributed by atoms with van der Waals surface area (Å²) < 4.78 is 0. The molecule has 0 aliphatic carbocycles. The van der Waals surface area contributed by atoms with E-state index in [-0.39, 0.29) is 5.91 Å². The van der Waals surface area contributed by atoms with Crippen molar-refractivity contribution in [1.82, 2.24) is 30.0 Å². The number of imidazole rings is 1. The molecule has 0 atom stereocenters. The van der Waals surface area contributed by atoms with Crippen molar-refractivity contribution in [2.24, 2.45) is 0 Å². The van der Waals surface area contributed by atoms with Crippen LogP contribution in [-0.4, -0.2) is 63.1 Å². The van der Waals surface area contributed by atoms with Gasteiger partial charge in [0.2, 0.25) is 5.91 Å². The van der Waals surface area contributed by atoms with E-state index in [0.29, 0.717) is 19.6 Å². The average Bonchev–Trinajstić information content (AvgIpc) is 3.17. The van der Waals surface area contributed by atoms with Gasteiger partial charge < -0.3 is 14.8 Å². The van der Waals surface area contributed by atoms with Gasteiger partial charge in [-0.3, -0.25) is 9.89 Å². The first-order valence-electron chi connectivity index (χ1n) is 8.88. The summed E-state index contributed by atoms with van der Waals surface area (Å²) in [6.07, 6.45) is 0.787. The first-order chi connectivity index (χ1) is 12.4. The molecule has 26 heavy (non-hydrogen) atoms. The van der Waals surface area contributed by atoms with Crippen molar-refractivity contribution in [3.05, 3.63) is 34.5 Å². The molecule has 0 fully saturated rings. The SMILES string of the molecule is Cc1cc2nc(-c3n[nH]c4c3CCN(C(=O)CN(C)C)C4)[nH]c2cc1C. The summed E-state index contributed by atoms with van der Waals surface area (Å²) in [5.74, 6) is 0.932. The van der Waals surface area contributed by atoms with Gasteiger partial charge in [-0.1, -0.05) is 0 Å². The van der Waals surface area contributed by atoms with Crippen LogP contribution in [0.4, 0.5) is 0 Å². The molecule has 0 bridgehead atoms. The van der Waals surface area contributed by atoms with Gasteiger partial charge in [0.15, 0.2) is 5.82 Å². The molecule has 136 valence electrons. The lowest BCUT2D eigenvalue weighted by Crippen LogP contribution is -2.40. The standard InChI is InChI=1S/C19H24N6O/c1-11-7-14-15(8-12(11)2)21-19(20-14)18-13-5-6-25(9-16(13)22-23-18)17(26)10-24(3)4/h7-8H,5-6,9-10H2,1-4H3,(H,20,21)(H,22,23). The zero-order chi connectivity index (χ0) is 18.4. The van der Waals surface area contributed by atoms with Crippen LogP contribution in [0.5, 0.6) is 0 Å². The summed E-state index contributed by atoms with van der Waals surface area (Å²) in [7, 11) is 3.82. The number of rotatable bonds is 3. The summed E-state index contributed by atoms with van der Waals surface area (Å²) in [5.41, 5.74) is 7.49. The summed E-state index contributed by atoms with van der Waals surface area (Å²) >= 11 is 0. The number of benzene rings is 1. The first kappa shape index (κ1) is 16.8. The van der Waals surface area contributed by atoms with Crippen molar-refractivity contribution >= 4 is 16.9 Å². The minimum Gasteiger partial charge on any atom is -0.337 e. The maximum atomic E-state index is 12.3. The molecule has 1 aromatic carbocycles. The third-order valence-corrected chi connectivity index (χ3v) is 5.06. The summed E-state index contributed by atoms with van der Waals surface area (Å²) in [5, 5.41) is 7.61. The number of carbonyl (C=O) groups is 1. The Kier molecular flexibility index (Phi) is 4.03. The third kappa shape index (κ3) is 2.88.